The molecule has 1 aliphatic carbocycles. The molecule has 25 nitrogen and oxygen atoms in total. The third-order valence-corrected chi connectivity index (χ3v) is 25.3. The lowest BCUT2D eigenvalue weighted by molar-refractivity contribution is -0.360. The van der Waals surface area contributed by atoms with Gasteiger partial charge in [-0.25, -0.2) is 4.57 Å². The summed E-state index contributed by atoms with van der Waals surface area (Å²) >= 11 is 0. The van der Waals surface area contributed by atoms with Crippen molar-refractivity contribution < 1.29 is 122 Å². The Labute approximate surface area is 731 Å². The van der Waals surface area contributed by atoms with Crippen LogP contribution in [0.3, 0.4) is 0 Å². The molecule has 2 heterocycles. The van der Waals surface area contributed by atoms with E-state index in [-0.39, 0.29) is 25.7 Å². The maximum absolute atomic E-state index is 14.9. The monoisotopic (exact) mass is 1750 g/mol. The van der Waals surface area contributed by atoms with Crippen molar-refractivity contribution in [3.63, 3.8) is 0 Å². The average molecular weight is 1750 g/mol. The van der Waals surface area contributed by atoms with Gasteiger partial charge in [-0.15, -0.1) is 0 Å². The Morgan fingerprint density at radius 1 is 0.322 bits per heavy atom. The minimum absolute atomic E-state index is 0.0193. The van der Waals surface area contributed by atoms with Crippen LogP contribution < -0.4 is 0 Å². The summed E-state index contributed by atoms with van der Waals surface area (Å²) in [5.74, 6) is -2.95. The van der Waals surface area contributed by atoms with Crippen molar-refractivity contribution in [2.45, 2.75) is 543 Å². The molecule has 121 heavy (non-hydrogen) atoms. The summed E-state index contributed by atoms with van der Waals surface area (Å²) in [6.07, 6.45) is 34.5. The number of hydrogen-bond acceptors (Lipinski definition) is 24. The summed E-state index contributed by atoms with van der Waals surface area (Å²) in [6.45, 7) is 5.64. The zero-order valence-corrected chi connectivity index (χ0v) is 77.0. The van der Waals surface area contributed by atoms with Gasteiger partial charge in [-0.2, -0.15) is 0 Å². The highest BCUT2D eigenvalue weighted by molar-refractivity contribution is 7.47. The molecule has 2 aliphatic heterocycles. The normalized spacial score (nSPS) is 24.6. The van der Waals surface area contributed by atoms with E-state index in [1.807, 2.05) is 0 Å². The minimum atomic E-state index is -5.81. The summed E-state index contributed by atoms with van der Waals surface area (Å²) in [5, 5.41) is 102. The van der Waals surface area contributed by atoms with Crippen LogP contribution in [-0.2, 0) is 70.7 Å². The number of phosphoric ester groups is 1. The predicted octanol–water partition coefficient (Wildman–Crippen LogP) is 19.1. The van der Waals surface area contributed by atoms with Crippen LogP contribution >= 0.6 is 7.82 Å². The van der Waals surface area contributed by atoms with Gasteiger partial charge in [0.25, 0.3) is 0 Å². The Balaban J connectivity index is 1.89. The standard InChI is InChI=1S/C95H177O25P/c1-5-9-13-17-21-25-29-33-37-41-43-47-51-55-59-63-67-78(97)111-72-75(114-80(99)69-65-61-57-53-49-45-39-35-31-27-23-19-15-11-7-3)73-113-121(109,110)120-93-91(118-94-88(107)84(103)82(101)76(71-96)115-94)87(106)86(105)90(117-81(100)70-66-62-58-54-50-46-40-36-32-28-24-20-16-12-8-4)92(93)119-95-89(108)85(104)83(102)77(116-95)74-112-79(98)68-64-60-56-52-48-44-42-38-34-30-26-22-18-14-10-6-2/h27,31,75-77,82-96,101-108H,5-26,28-30,32-74H2,1-4H3,(H,109,110)/b31-27-. The zero-order valence-electron chi connectivity index (χ0n) is 76.1. The van der Waals surface area contributed by atoms with Crippen molar-refractivity contribution >= 4 is 31.7 Å². The average Bonchev–Trinajstić information content (AvgIpc) is 0.756. The number of hydrogen-bond donors (Lipinski definition) is 10. The fourth-order valence-corrected chi connectivity index (χ4v) is 17.4. The van der Waals surface area contributed by atoms with E-state index < -0.39 is 162 Å². The molecule has 0 amide bonds. The molecule has 10 N–H and O–H groups in total. The number of phosphoric acid groups is 1. The Bertz CT molecular complexity index is 2550. The molecule has 0 aromatic carbocycles. The van der Waals surface area contributed by atoms with Crippen molar-refractivity contribution in [1.29, 1.82) is 0 Å². The molecule has 0 radical (unpaired) electrons. The summed E-state index contributed by atoms with van der Waals surface area (Å²) in [6, 6.07) is 0. The van der Waals surface area contributed by atoms with Crippen molar-refractivity contribution in [1.82, 2.24) is 0 Å². The van der Waals surface area contributed by atoms with Gasteiger partial charge in [-0.1, -0.05) is 374 Å². The first kappa shape index (κ1) is 112. The third kappa shape index (κ3) is 53.7. The molecule has 3 aliphatic rings. The van der Waals surface area contributed by atoms with E-state index in [9.17, 15) is 74.6 Å². The van der Waals surface area contributed by atoms with E-state index in [4.69, 9.17) is 46.9 Å². The lowest BCUT2D eigenvalue weighted by atomic mass is 9.84. The molecule has 0 bridgehead atoms. The second-order valence-electron chi connectivity index (χ2n) is 35.3. The van der Waals surface area contributed by atoms with Gasteiger partial charge in [0.2, 0.25) is 0 Å². The molecule has 3 fully saturated rings. The molecule has 0 aromatic rings. The molecule has 3 rings (SSSR count). The number of unbranched alkanes of at least 4 members (excludes halogenated alkanes) is 55. The predicted molar refractivity (Wildman–Crippen MR) is 472 cm³/mol. The Morgan fingerprint density at radius 3 is 0.992 bits per heavy atom. The fourth-order valence-electron chi connectivity index (χ4n) is 16.4. The molecule has 18 atom stereocenters. The first-order chi connectivity index (χ1) is 58.7. The summed E-state index contributed by atoms with van der Waals surface area (Å²) in [4.78, 5) is 66.6. The second-order valence-corrected chi connectivity index (χ2v) is 36.7. The molecule has 0 spiro atoms. The lowest BCUT2D eigenvalue weighted by Crippen LogP contribution is -2.70. The number of aliphatic hydroxyl groups is 9. The number of rotatable bonds is 81. The fraction of sp³-hybridized carbons (Fsp3) is 0.937. The van der Waals surface area contributed by atoms with E-state index in [0.717, 1.165) is 141 Å². The number of ether oxygens (including phenoxy) is 8. The highest BCUT2D eigenvalue weighted by atomic mass is 31.2. The van der Waals surface area contributed by atoms with E-state index in [1.165, 1.54) is 205 Å². The maximum atomic E-state index is 14.9. The number of esters is 4. The Kier molecular flexibility index (Phi) is 68.8. The van der Waals surface area contributed by atoms with Crippen LogP contribution in [0.2, 0.25) is 0 Å². The van der Waals surface area contributed by atoms with E-state index in [0.29, 0.717) is 38.5 Å². The number of carbonyl (C=O) groups excluding carboxylic acids is 4. The van der Waals surface area contributed by atoms with Gasteiger partial charge in [0.05, 0.1) is 13.2 Å². The topological polar surface area (TPSA) is 380 Å². The zero-order chi connectivity index (χ0) is 88.2. The highest BCUT2D eigenvalue weighted by Gasteiger charge is 2.60. The summed E-state index contributed by atoms with van der Waals surface area (Å²) < 4.78 is 73.6. The van der Waals surface area contributed by atoms with Crippen LogP contribution in [0.1, 0.15) is 439 Å². The molecule has 712 valence electrons. The molecular weight excluding hydrogens is 1570 g/mol. The first-order valence-electron chi connectivity index (χ1n) is 49.4. The van der Waals surface area contributed by atoms with Crippen LogP contribution in [0.15, 0.2) is 12.2 Å². The van der Waals surface area contributed by atoms with Gasteiger partial charge < -0.3 is 88.7 Å². The van der Waals surface area contributed by atoms with Gasteiger partial charge in [-0.3, -0.25) is 28.2 Å². The molecule has 26 heteroatoms. The molecule has 0 aromatic heterocycles. The van der Waals surface area contributed by atoms with Gasteiger partial charge in [0.15, 0.2) is 24.8 Å². The molecular formula is C95H177O25P. The number of carbonyl (C=O) groups is 4. The number of aliphatic hydroxyl groups excluding tert-OH is 9. The van der Waals surface area contributed by atoms with E-state index in [1.54, 1.807) is 0 Å². The first-order valence-corrected chi connectivity index (χ1v) is 50.9. The molecule has 18 unspecified atom stereocenters. The SMILES string of the molecule is CCCCCC/C=C\CCCCCCCCCC(=O)OC(COC(=O)CCCCCCCCCCCCCCCCCC)COP(=O)(O)OC1C(OC2OC(CO)C(O)C(O)C2O)C(O)C(O)C(OC(=O)CCCCCCCCCCCCCCCCC)C1OC1OC(COC(=O)CCCCCCCCCCCCCCCCCC)C(O)C(O)C1O. The minimum Gasteiger partial charge on any atom is -0.463 e. The van der Waals surface area contributed by atoms with Crippen molar-refractivity contribution in [3.8, 4) is 0 Å². The van der Waals surface area contributed by atoms with Crippen LogP contribution in [-0.4, -0.2) is 205 Å². The number of allylic oxidation sites excluding steroid dienone is 2. The molecule has 1 saturated carbocycles. The highest BCUT2D eigenvalue weighted by Crippen LogP contribution is 2.49. The van der Waals surface area contributed by atoms with Crippen LogP contribution in [0.25, 0.3) is 0 Å². The van der Waals surface area contributed by atoms with Crippen LogP contribution in [0, 0.1) is 0 Å². The lowest BCUT2D eigenvalue weighted by Gasteiger charge is -2.50. The largest absolute Gasteiger partial charge is 0.472 e. The Morgan fingerprint density at radius 2 is 0.620 bits per heavy atom. The smallest absolute Gasteiger partial charge is 0.463 e. The third-order valence-electron chi connectivity index (χ3n) is 24.3. The summed E-state index contributed by atoms with van der Waals surface area (Å²) in [7, 11) is -5.81. The van der Waals surface area contributed by atoms with Gasteiger partial charge >= 0.3 is 31.7 Å². The van der Waals surface area contributed by atoms with E-state index in [2.05, 4.69) is 39.8 Å². The second kappa shape index (κ2) is 74.0. The maximum Gasteiger partial charge on any atom is 0.472 e. The van der Waals surface area contributed by atoms with Gasteiger partial charge in [0, 0.05) is 25.7 Å². The van der Waals surface area contributed by atoms with Gasteiger partial charge in [-0.05, 0) is 51.4 Å². The van der Waals surface area contributed by atoms with Gasteiger partial charge in [0.1, 0.15) is 92.6 Å². The van der Waals surface area contributed by atoms with Crippen molar-refractivity contribution in [3.05, 3.63) is 12.2 Å². The van der Waals surface area contributed by atoms with Crippen LogP contribution in [0.4, 0.5) is 0 Å². The van der Waals surface area contributed by atoms with Crippen molar-refractivity contribution in [2.75, 3.05) is 26.4 Å². The Hall–Kier alpha value is -2.79. The summed E-state index contributed by atoms with van der Waals surface area (Å²) in [5.41, 5.74) is 0. The van der Waals surface area contributed by atoms with Crippen molar-refractivity contribution in [2.24, 2.45) is 0 Å². The van der Waals surface area contributed by atoms with E-state index >= 15 is 0 Å². The quantitative estimate of drug-likeness (QED) is 0.00889. The molecule has 2 saturated heterocycles. The van der Waals surface area contributed by atoms with Crippen LogP contribution in [0.5, 0.6) is 0 Å².